The summed E-state index contributed by atoms with van der Waals surface area (Å²) in [5.74, 6) is -0.324. The fraction of sp³-hybridized carbons (Fsp3) is 0.467. The van der Waals surface area contributed by atoms with Crippen molar-refractivity contribution in [3.8, 4) is 0 Å². The van der Waals surface area contributed by atoms with Crippen molar-refractivity contribution in [2.24, 2.45) is 0 Å². The first-order valence-corrected chi connectivity index (χ1v) is 7.47. The van der Waals surface area contributed by atoms with Crippen LogP contribution in [-0.4, -0.2) is 62.4 Å². The summed E-state index contributed by atoms with van der Waals surface area (Å²) in [6.07, 6.45) is 1.57. The van der Waals surface area contributed by atoms with Crippen LogP contribution >= 0.6 is 0 Å². The average Bonchev–Trinajstić information content (AvgIpc) is 2.95. The summed E-state index contributed by atoms with van der Waals surface area (Å²) in [6, 6.07) is 1.62. The molecule has 8 heteroatoms. The zero-order valence-corrected chi connectivity index (χ0v) is 13.4. The lowest BCUT2D eigenvalue weighted by Crippen LogP contribution is -2.56. The van der Waals surface area contributed by atoms with Gasteiger partial charge < -0.3 is 9.80 Å². The van der Waals surface area contributed by atoms with Gasteiger partial charge in [-0.1, -0.05) is 0 Å². The van der Waals surface area contributed by atoms with Gasteiger partial charge in [0.2, 0.25) is 11.8 Å². The molecule has 2 amide bonds. The molecule has 1 N–H and O–H groups in total. The zero-order chi connectivity index (χ0) is 16.7. The van der Waals surface area contributed by atoms with E-state index in [1.54, 1.807) is 31.1 Å². The first-order valence-electron chi connectivity index (χ1n) is 7.47. The molecule has 0 aliphatic carbocycles. The van der Waals surface area contributed by atoms with E-state index in [2.05, 4.69) is 10.1 Å². The summed E-state index contributed by atoms with van der Waals surface area (Å²) in [5, 5.41) is 2.79. The molecule has 122 valence electrons. The number of piperazine rings is 1. The molecule has 0 spiro atoms. The first kappa shape index (κ1) is 15.3. The van der Waals surface area contributed by atoms with Gasteiger partial charge in [0.25, 0.3) is 5.56 Å². The second-order valence-corrected chi connectivity index (χ2v) is 5.96. The fourth-order valence-electron chi connectivity index (χ4n) is 2.92. The fourth-order valence-corrected chi connectivity index (χ4v) is 2.92. The van der Waals surface area contributed by atoms with E-state index in [9.17, 15) is 14.4 Å². The van der Waals surface area contributed by atoms with E-state index >= 15 is 0 Å². The van der Waals surface area contributed by atoms with Gasteiger partial charge in [0, 0.05) is 43.2 Å². The third-order valence-corrected chi connectivity index (χ3v) is 4.30. The van der Waals surface area contributed by atoms with E-state index in [-0.39, 0.29) is 36.4 Å². The molecule has 1 aliphatic heterocycles. The number of amides is 2. The number of rotatable bonds is 2. The van der Waals surface area contributed by atoms with Crippen LogP contribution in [0.2, 0.25) is 0 Å². The van der Waals surface area contributed by atoms with Crippen LogP contribution in [0.15, 0.2) is 17.1 Å². The minimum absolute atomic E-state index is 0.0507. The summed E-state index contributed by atoms with van der Waals surface area (Å²) in [4.78, 5) is 44.4. The number of hydrogen-bond acceptors (Lipinski definition) is 4. The van der Waals surface area contributed by atoms with Crippen LogP contribution in [0.25, 0.3) is 5.65 Å². The van der Waals surface area contributed by atoms with Crippen molar-refractivity contribution >= 4 is 17.5 Å². The van der Waals surface area contributed by atoms with Gasteiger partial charge in [-0.2, -0.15) is 0 Å². The Morgan fingerprint density at radius 2 is 2.17 bits per heavy atom. The smallest absolute Gasteiger partial charge is 0.276 e. The Bertz CT molecular complexity index is 837. The van der Waals surface area contributed by atoms with Crippen molar-refractivity contribution in [2.75, 3.05) is 20.1 Å². The van der Waals surface area contributed by atoms with E-state index in [1.807, 2.05) is 6.92 Å². The minimum atomic E-state index is -0.279. The molecule has 1 unspecified atom stereocenters. The van der Waals surface area contributed by atoms with E-state index in [0.29, 0.717) is 23.4 Å². The molecule has 1 atom stereocenters. The van der Waals surface area contributed by atoms with Gasteiger partial charge in [0.05, 0.1) is 6.42 Å². The maximum Gasteiger partial charge on any atom is 0.276 e. The maximum atomic E-state index is 12.6. The Balaban J connectivity index is 1.88. The topological polar surface area (TPSA) is 90.8 Å². The molecule has 1 saturated heterocycles. The molecule has 2 aromatic rings. The first-order chi connectivity index (χ1) is 10.9. The van der Waals surface area contributed by atoms with Crippen LogP contribution in [0.5, 0.6) is 0 Å². The number of carbonyl (C=O) groups is 2. The number of fused-ring (bicyclic) bond motifs is 1. The molecular weight excluding hydrogens is 298 g/mol. The van der Waals surface area contributed by atoms with E-state index in [0.717, 1.165) is 0 Å². The SMILES string of the molecule is Cc1nc2cc[nH]n2c(=O)c1CC(=O)N1CC(=O)N(C)CC1C. The lowest BCUT2D eigenvalue weighted by atomic mass is 10.1. The van der Waals surface area contributed by atoms with E-state index in [1.165, 1.54) is 9.42 Å². The van der Waals surface area contributed by atoms with Crippen LogP contribution in [-0.2, 0) is 16.0 Å². The number of hydrogen-bond donors (Lipinski definition) is 1. The molecule has 1 fully saturated rings. The van der Waals surface area contributed by atoms with Gasteiger partial charge in [0.1, 0.15) is 6.54 Å². The van der Waals surface area contributed by atoms with Gasteiger partial charge in [0.15, 0.2) is 5.65 Å². The molecule has 23 heavy (non-hydrogen) atoms. The number of H-pyrrole nitrogens is 1. The second kappa shape index (κ2) is 5.53. The van der Waals surface area contributed by atoms with Crippen molar-refractivity contribution in [2.45, 2.75) is 26.3 Å². The van der Waals surface area contributed by atoms with Gasteiger partial charge in [-0.25, -0.2) is 9.50 Å². The van der Waals surface area contributed by atoms with E-state index in [4.69, 9.17) is 0 Å². The Morgan fingerprint density at radius 3 is 2.91 bits per heavy atom. The van der Waals surface area contributed by atoms with Crippen molar-refractivity contribution in [3.63, 3.8) is 0 Å². The largest absolute Gasteiger partial charge is 0.342 e. The van der Waals surface area contributed by atoms with Gasteiger partial charge >= 0.3 is 0 Å². The normalized spacial score (nSPS) is 18.7. The molecule has 0 saturated carbocycles. The molecule has 8 nitrogen and oxygen atoms in total. The Morgan fingerprint density at radius 1 is 1.43 bits per heavy atom. The van der Waals surface area contributed by atoms with E-state index < -0.39 is 0 Å². The lowest BCUT2D eigenvalue weighted by molar-refractivity contribution is -0.147. The molecule has 0 radical (unpaired) electrons. The summed E-state index contributed by atoms with van der Waals surface area (Å²) in [5.41, 5.74) is 1.13. The number of aryl methyl sites for hydroxylation is 1. The maximum absolute atomic E-state index is 12.6. The van der Waals surface area contributed by atoms with Crippen LogP contribution in [0.4, 0.5) is 0 Å². The van der Waals surface area contributed by atoms with Crippen LogP contribution < -0.4 is 5.56 Å². The highest BCUT2D eigenvalue weighted by atomic mass is 16.2. The Hall–Kier alpha value is -2.64. The zero-order valence-electron chi connectivity index (χ0n) is 13.4. The number of carbonyl (C=O) groups excluding carboxylic acids is 2. The summed E-state index contributed by atoms with van der Waals surface area (Å²) in [6.45, 7) is 4.16. The summed E-state index contributed by atoms with van der Waals surface area (Å²) in [7, 11) is 1.72. The highest BCUT2D eigenvalue weighted by molar-refractivity contribution is 5.87. The van der Waals surface area contributed by atoms with Gasteiger partial charge in [-0.3, -0.25) is 19.5 Å². The molecule has 3 rings (SSSR count). The predicted octanol–water partition coefficient (Wildman–Crippen LogP) is -0.437. The average molecular weight is 317 g/mol. The molecule has 1 aliphatic rings. The predicted molar refractivity (Wildman–Crippen MR) is 83.1 cm³/mol. The number of nitrogens with zero attached hydrogens (tertiary/aromatic N) is 4. The van der Waals surface area contributed by atoms with Crippen molar-refractivity contribution in [3.05, 3.63) is 33.9 Å². The number of aromatic amines is 1. The Kier molecular flexibility index (Phi) is 3.67. The molecule has 2 aromatic heterocycles. The third-order valence-electron chi connectivity index (χ3n) is 4.30. The van der Waals surface area contributed by atoms with Crippen molar-refractivity contribution in [1.82, 2.24) is 24.4 Å². The minimum Gasteiger partial charge on any atom is -0.342 e. The monoisotopic (exact) mass is 317 g/mol. The number of nitrogens with one attached hydrogen (secondary N) is 1. The molecule has 0 bridgehead atoms. The summed E-state index contributed by atoms with van der Waals surface area (Å²) >= 11 is 0. The van der Waals surface area contributed by atoms with Crippen molar-refractivity contribution < 1.29 is 9.59 Å². The molecular formula is C15H19N5O3. The summed E-state index contributed by atoms with van der Waals surface area (Å²) < 4.78 is 1.31. The lowest BCUT2D eigenvalue weighted by Gasteiger charge is -2.37. The van der Waals surface area contributed by atoms with Crippen LogP contribution in [0.1, 0.15) is 18.2 Å². The molecule has 3 heterocycles. The number of aromatic nitrogens is 3. The Labute approximate surface area is 132 Å². The van der Waals surface area contributed by atoms with Gasteiger partial charge in [-0.05, 0) is 13.8 Å². The highest BCUT2D eigenvalue weighted by Crippen LogP contribution is 2.12. The van der Waals surface area contributed by atoms with Gasteiger partial charge in [-0.15, -0.1) is 0 Å². The number of likely N-dealkylation sites (N-methyl/N-ethyl adjacent to an activating group) is 1. The van der Waals surface area contributed by atoms with Crippen molar-refractivity contribution in [1.29, 1.82) is 0 Å². The second-order valence-electron chi connectivity index (χ2n) is 5.96. The standard InChI is InChI=1S/C15H19N5O3/c1-9-7-18(3)14(22)8-19(9)13(21)6-11-10(2)17-12-4-5-16-20(12)15(11)23/h4-5,9,16H,6-8H2,1-3H3. The third kappa shape index (κ3) is 2.60. The quantitative estimate of drug-likeness (QED) is 0.813. The molecule has 0 aromatic carbocycles. The van der Waals surface area contributed by atoms with Crippen LogP contribution in [0.3, 0.4) is 0 Å². The van der Waals surface area contributed by atoms with Crippen LogP contribution in [0, 0.1) is 6.92 Å². The highest BCUT2D eigenvalue weighted by Gasteiger charge is 2.31.